The quantitative estimate of drug-likeness (QED) is 0.476. The molecule has 0 heterocycles. The average molecular weight is 467 g/mol. The number of benzene rings is 2. The van der Waals surface area contributed by atoms with E-state index in [0.29, 0.717) is 9.87 Å². The molecule has 2 aromatic carbocycles. The highest BCUT2D eigenvalue weighted by atomic mass is 127. The van der Waals surface area contributed by atoms with E-state index >= 15 is 0 Å². The molecule has 8 heteroatoms. The number of hydrogen-bond donors (Lipinski definition) is 2. The Morgan fingerprint density at radius 2 is 1.64 bits per heavy atom. The molecular weight excluding hydrogens is 458 g/mol. The highest BCUT2D eigenvalue weighted by Crippen LogP contribution is 2.32. The zero-order valence-corrected chi connectivity index (χ0v) is 15.5. The smallest absolute Gasteiger partial charge is 0.304 e. The van der Waals surface area contributed by atoms with Gasteiger partial charge in [-0.1, -0.05) is 54.2 Å². The van der Waals surface area contributed by atoms with Gasteiger partial charge in [0, 0.05) is 9.13 Å². The Hall–Kier alpha value is -0.960. The lowest BCUT2D eigenvalue weighted by Gasteiger charge is -2.16. The lowest BCUT2D eigenvalue weighted by molar-refractivity contribution is 0.0902. The van der Waals surface area contributed by atoms with Crippen LogP contribution in [0.15, 0.2) is 42.5 Å². The Morgan fingerprint density at radius 3 is 2.18 bits per heavy atom. The van der Waals surface area contributed by atoms with Gasteiger partial charge in [0.15, 0.2) is 0 Å². The van der Waals surface area contributed by atoms with Crippen LogP contribution in [0.3, 0.4) is 0 Å². The Kier molecular flexibility index (Phi) is 5.96. The minimum atomic E-state index is -0.748. The summed E-state index contributed by atoms with van der Waals surface area (Å²) in [5, 5.41) is 3.03. The molecule has 2 rings (SSSR count). The van der Waals surface area contributed by atoms with Crippen LogP contribution in [0.25, 0.3) is 0 Å². The van der Waals surface area contributed by atoms with Gasteiger partial charge in [0.05, 0.1) is 15.7 Å². The summed E-state index contributed by atoms with van der Waals surface area (Å²) >= 11 is 18.1. The maximum atomic E-state index is 12.1. The largest absolute Gasteiger partial charge is 0.339 e. The normalized spacial score (nSPS) is 10.2. The van der Waals surface area contributed by atoms with Gasteiger partial charge in [0.2, 0.25) is 0 Å². The molecule has 0 aliphatic heterocycles. The summed E-state index contributed by atoms with van der Waals surface area (Å²) in [4.78, 5) is 24.2. The highest BCUT2D eigenvalue weighted by Gasteiger charge is 2.21. The lowest BCUT2D eigenvalue weighted by Crippen LogP contribution is -2.32. The van der Waals surface area contributed by atoms with Crippen LogP contribution in [0, 0.1) is 3.57 Å². The van der Waals surface area contributed by atoms with Crippen LogP contribution in [0.5, 0.6) is 0 Å². The number of amides is 3. The van der Waals surface area contributed by atoms with Crippen molar-refractivity contribution in [2.24, 2.45) is 0 Å². The fraction of sp³-hybridized carbons (Fsp3) is 0. The second-order valence-corrected chi connectivity index (χ2v) is 6.62. The van der Waals surface area contributed by atoms with Crippen LogP contribution in [-0.4, -0.2) is 16.2 Å². The molecule has 0 unspecified atom stereocenters. The van der Waals surface area contributed by atoms with Gasteiger partial charge >= 0.3 is 6.03 Å². The number of hydrogen-bond acceptors (Lipinski definition) is 3. The summed E-state index contributed by atoms with van der Waals surface area (Å²) in [6, 6.07) is 10.9. The van der Waals surface area contributed by atoms with Crippen molar-refractivity contribution in [3.05, 3.63) is 61.6 Å². The number of rotatable bonds is 2. The molecule has 3 amide bonds. The zero-order chi connectivity index (χ0) is 16.3. The number of carbonyl (C=O) groups is 2. The molecule has 0 radical (unpaired) electrons. The monoisotopic (exact) mass is 466 g/mol. The number of thiol groups is 1. The molecule has 0 atom stereocenters. The van der Waals surface area contributed by atoms with Gasteiger partial charge in [-0.3, -0.25) is 4.79 Å². The Bertz CT molecular complexity index is 705. The molecule has 0 spiro atoms. The summed E-state index contributed by atoms with van der Waals surface area (Å²) in [6.07, 6.45) is 0. The fourth-order valence-corrected chi connectivity index (χ4v) is 3.35. The minimum Gasteiger partial charge on any atom is -0.304 e. The topological polar surface area (TPSA) is 49.4 Å². The molecule has 0 saturated carbocycles. The number of nitrogens with one attached hydrogen (secondary N) is 1. The highest BCUT2D eigenvalue weighted by molar-refractivity contribution is 14.1. The van der Waals surface area contributed by atoms with E-state index in [9.17, 15) is 9.59 Å². The second kappa shape index (κ2) is 7.54. The van der Waals surface area contributed by atoms with Gasteiger partial charge in [-0.25, -0.2) is 9.10 Å². The van der Waals surface area contributed by atoms with E-state index in [2.05, 4.69) is 40.7 Å². The molecule has 0 fully saturated rings. The minimum absolute atomic E-state index is 0.230. The molecular formula is C14H9Cl2IN2O2S. The summed E-state index contributed by atoms with van der Waals surface area (Å²) in [6.45, 7) is 0. The number of halogens is 3. The Morgan fingerprint density at radius 1 is 1.09 bits per heavy atom. The van der Waals surface area contributed by atoms with Crippen LogP contribution < -0.4 is 5.32 Å². The predicted molar refractivity (Wildman–Crippen MR) is 99.8 cm³/mol. The van der Waals surface area contributed by atoms with Crippen molar-refractivity contribution in [3.63, 3.8) is 0 Å². The second-order valence-electron chi connectivity index (χ2n) is 4.16. The number of anilines is 1. The first-order chi connectivity index (χ1) is 10.4. The molecule has 0 saturated heterocycles. The zero-order valence-electron chi connectivity index (χ0n) is 10.9. The molecule has 2 aromatic rings. The van der Waals surface area contributed by atoms with E-state index in [4.69, 9.17) is 23.2 Å². The number of nitrogens with zero attached hydrogens (tertiary/aromatic N) is 1. The van der Waals surface area contributed by atoms with E-state index in [-0.39, 0.29) is 15.7 Å². The third kappa shape index (κ3) is 4.07. The van der Waals surface area contributed by atoms with Gasteiger partial charge in [0.25, 0.3) is 5.91 Å². The van der Waals surface area contributed by atoms with Crippen LogP contribution in [-0.2, 0) is 0 Å². The van der Waals surface area contributed by atoms with Crippen molar-refractivity contribution in [1.82, 2.24) is 4.31 Å². The summed E-state index contributed by atoms with van der Waals surface area (Å²) < 4.78 is 1.49. The summed E-state index contributed by atoms with van der Waals surface area (Å²) in [5.41, 5.74) is 0.570. The Balaban J connectivity index is 2.17. The first kappa shape index (κ1) is 17.4. The van der Waals surface area contributed by atoms with E-state index in [1.807, 2.05) is 0 Å². The molecule has 0 aromatic heterocycles. The Labute approximate surface area is 156 Å². The molecule has 1 N–H and O–H groups in total. The maximum absolute atomic E-state index is 12.1. The molecule has 4 nitrogen and oxygen atoms in total. The SMILES string of the molecule is O=C(Nc1c(Cl)cc(I)cc1Cl)N(S)C(=O)c1ccccc1. The molecule has 22 heavy (non-hydrogen) atoms. The molecule has 0 bridgehead atoms. The van der Waals surface area contributed by atoms with Crippen LogP contribution in [0.2, 0.25) is 10.0 Å². The predicted octanol–water partition coefficient (Wildman–Crippen LogP) is 5.12. The third-order valence-corrected chi connectivity index (χ3v) is 4.23. The van der Waals surface area contributed by atoms with E-state index in [1.54, 1.807) is 42.5 Å². The van der Waals surface area contributed by atoms with Gasteiger partial charge in [0.1, 0.15) is 0 Å². The van der Waals surface area contributed by atoms with Crippen LogP contribution in [0.1, 0.15) is 10.4 Å². The lowest BCUT2D eigenvalue weighted by atomic mass is 10.2. The number of carbonyl (C=O) groups excluding carboxylic acids is 2. The van der Waals surface area contributed by atoms with Crippen molar-refractivity contribution in [1.29, 1.82) is 0 Å². The number of urea groups is 1. The standard InChI is InChI=1S/C14H9Cl2IN2O2S/c15-10-6-9(17)7-11(16)12(10)18-14(21)19(22)13(20)8-4-2-1-3-5-8/h1-7,22H,(H,18,21). The van der Waals surface area contributed by atoms with Crippen molar-refractivity contribution < 1.29 is 9.59 Å². The van der Waals surface area contributed by atoms with Crippen molar-refractivity contribution in [2.75, 3.05) is 5.32 Å². The molecule has 0 aliphatic rings. The molecule has 114 valence electrons. The van der Waals surface area contributed by atoms with Crippen molar-refractivity contribution >= 4 is 76.2 Å². The molecule has 0 aliphatic carbocycles. The number of imide groups is 1. The van der Waals surface area contributed by atoms with Gasteiger partial charge in [-0.2, -0.15) is 0 Å². The van der Waals surface area contributed by atoms with Crippen LogP contribution in [0.4, 0.5) is 10.5 Å². The maximum Gasteiger partial charge on any atom is 0.339 e. The first-order valence-corrected chi connectivity index (χ1v) is 8.17. The van der Waals surface area contributed by atoms with E-state index < -0.39 is 11.9 Å². The summed E-state index contributed by atoms with van der Waals surface area (Å²) in [5.74, 6) is -0.556. The fourth-order valence-electron chi connectivity index (χ4n) is 1.62. The first-order valence-electron chi connectivity index (χ1n) is 5.94. The van der Waals surface area contributed by atoms with E-state index in [1.165, 1.54) is 0 Å². The van der Waals surface area contributed by atoms with Gasteiger partial charge in [-0.05, 0) is 46.9 Å². The van der Waals surface area contributed by atoms with Crippen molar-refractivity contribution in [2.45, 2.75) is 0 Å². The van der Waals surface area contributed by atoms with Gasteiger partial charge < -0.3 is 5.32 Å². The van der Waals surface area contributed by atoms with Crippen molar-refractivity contribution in [3.8, 4) is 0 Å². The summed E-state index contributed by atoms with van der Waals surface area (Å²) in [7, 11) is 0. The average Bonchev–Trinajstić information content (AvgIpc) is 2.50. The van der Waals surface area contributed by atoms with Gasteiger partial charge in [-0.15, -0.1) is 0 Å². The third-order valence-electron chi connectivity index (χ3n) is 2.64. The van der Waals surface area contributed by atoms with E-state index in [0.717, 1.165) is 3.57 Å². The van der Waals surface area contributed by atoms with Crippen LogP contribution >= 0.6 is 58.6 Å².